The number of nitrogens with zero attached hydrogens (tertiary/aromatic N) is 2. The number of amides is 1. The van der Waals surface area contributed by atoms with Crippen LogP contribution in [0.3, 0.4) is 0 Å². The van der Waals surface area contributed by atoms with Crippen LogP contribution in [0.1, 0.15) is 16.1 Å². The minimum Gasteiger partial charge on any atom is -0.495 e. The predicted octanol–water partition coefficient (Wildman–Crippen LogP) is 4.61. The number of nitriles is 1. The minimum absolute atomic E-state index is 0.237. The van der Waals surface area contributed by atoms with Crippen LogP contribution >= 0.6 is 11.6 Å². The maximum atomic E-state index is 12.3. The maximum Gasteiger partial charge on any atom is 0.274 e. The molecule has 0 spiro atoms. The summed E-state index contributed by atoms with van der Waals surface area (Å²) in [7, 11) is 1.55. The normalized spacial score (nSPS) is 9.96. The average molecular weight is 379 g/mol. The fraction of sp³-hybridized carbons (Fsp3) is 0.0500. The molecule has 0 unspecified atom stereocenters. The SMILES string of the molecule is COc1ccc(Nc2ccc(C(=O)Nc3ccccc3C#N)nc2)cc1Cl. The summed E-state index contributed by atoms with van der Waals surface area (Å²) in [5.74, 6) is 0.196. The molecule has 7 heteroatoms. The number of aromatic nitrogens is 1. The van der Waals surface area contributed by atoms with Crippen LogP contribution in [0, 0.1) is 11.3 Å². The van der Waals surface area contributed by atoms with Crippen LogP contribution in [0.5, 0.6) is 5.75 Å². The van der Waals surface area contributed by atoms with Crippen LogP contribution < -0.4 is 15.4 Å². The summed E-state index contributed by atoms with van der Waals surface area (Å²) in [6.07, 6.45) is 1.54. The summed E-state index contributed by atoms with van der Waals surface area (Å²) >= 11 is 6.11. The van der Waals surface area contributed by atoms with Crippen molar-refractivity contribution in [2.75, 3.05) is 17.7 Å². The van der Waals surface area contributed by atoms with E-state index in [0.29, 0.717) is 27.7 Å². The second-order valence-electron chi connectivity index (χ2n) is 5.52. The Balaban J connectivity index is 1.70. The highest BCUT2D eigenvalue weighted by molar-refractivity contribution is 6.32. The van der Waals surface area contributed by atoms with Crippen molar-refractivity contribution in [1.29, 1.82) is 5.26 Å². The van der Waals surface area contributed by atoms with Crippen molar-refractivity contribution in [3.63, 3.8) is 0 Å². The van der Waals surface area contributed by atoms with Gasteiger partial charge in [-0.05, 0) is 42.5 Å². The van der Waals surface area contributed by atoms with Crippen molar-refractivity contribution in [3.05, 3.63) is 77.1 Å². The number of benzene rings is 2. The molecule has 6 nitrogen and oxygen atoms in total. The van der Waals surface area contributed by atoms with E-state index in [4.69, 9.17) is 21.6 Å². The Morgan fingerprint density at radius 1 is 1.15 bits per heavy atom. The van der Waals surface area contributed by atoms with Gasteiger partial charge in [0.2, 0.25) is 0 Å². The molecule has 2 N–H and O–H groups in total. The van der Waals surface area contributed by atoms with E-state index in [1.54, 1.807) is 61.8 Å². The van der Waals surface area contributed by atoms with Gasteiger partial charge in [-0.3, -0.25) is 4.79 Å². The quantitative estimate of drug-likeness (QED) is 0.676. The molecule has 134 valence electrons. The Hall–Kier alpha value is -3.56. The minimum atomic E-state index is -0.392. The predicted molar refractivity (Wildman–Crippen MR) is 105 cm³/mol. The van der Waals surface area contributed by atoms with Crippen molar-refractivity contribution in [1.82, 2.24) is 4.98 Å². The van der Waals surface area contributed by atoms with Gasteiger partial charge in [-0.1, -0.05) is 23.7 Å². The smallest absolute Gasteiger partial charge is 0.274 e. The lowest BCUT2D eigenvalue weighted by Gasteiger charge is -2.10. The second-order valence-corrected chi connectivity index (χ2v) is 5.93. The first kappa shape index (κ1) is 18.2. The van der Waals surface area contributed by atoms with Gasteiger partial charge < -0.3 is 15.4 Å². The highest BCUT2D eigenvalue weighted by Crippen LogP contribution is 2.28. The first-order valence-electron chi connectivity index (χ1n) is 7.98. The Morgan fingerprint density at radius 2 is 1.93 bits per heavy atom. The van der Waals surface area contributed by atoms with Crippen LogP contribution in [0.2, 0.25) is 5.02 Å². The second kappa shape index (κ2) is 8.21. The number of nitrogens with one attached hydrogen (secondary N) is 2. The molecule has 0 aliphatic carbocycles. The van der Waals surface area contributed by atoms with Crippen molar-refractivity contribution < 1.29 is 9.53 Å². The van der Waals surface area contributed by atoms with Crippen molar-refractivity contribution in [2.45, 2.75) is 0 Å². The molecule has 3 aromatic rings. The third-order valence-electron chi connectivity index (χ3n) is 3.73. The van der Waals surface area contributed by atoms with Crippen LogP contribution in [0.25, 0.3) is 0 Å². The van der Waals surface area contributed by atoms with Crippen molar-refractivity contribution >= 4 is 34.6 Å². The Labute approximate surface area is 161 Å². The van der Waals surface area contributed by atoms with E-state index in [9.17, 15) is 4.79 Å². The number of carbonyl (C=O) groups excluding carboxylic acids is 1. The molecule has 0 fully saturated rings. The lowest BCUT2D eigenvalue weighted by molar-refractivity contribution is 0.102. The number of para-hydroxylation sites is 1. The third-order valence-corrected chi connectivity index (χ3v) is 4.03. The number of rotatable bonds is 5. The molecular weight excluding hydrogens is 364 g/mol. The van der Waals surface area contributed by atoms with Gasteiger partial charge in [-0.15, -0.1) is 0 Å². The number of anilines is 3. The van der Waals surface area contributed by atoms with E-state index < -0.39 is 5.91 Å². The van der Waals surface area contributed by atoms with Gasteiger partial charge in [-0.2, -0.15) is 5.26 Å². The molecule has 1 heterocycles. The summed E-state index contributed by atoms with van der Waals surface area (Å²) in [5.41, 5.74) is 2.54. The van der Waals surface area contributed by atoms with Crippen molar-refractivity contribution in [2.24, 2.45) is 0 Å². The molecule has 3 rings (SSSR count). The van der Waals surface area contributed by atoms with Gasteiger partial charge in [0, 0.05) is 5.69 Å². The first-order valence-corrected chi connectivity index (χ1v) is 8.35. The molecular formula is C20H15ClN4O2. The lowest BCUT2D eigenvalue weighted by Crippen LogP contribution is -2.14. The molecule has 0 saturated heterocycles. The van der Waals surface area contributed by atoms with E-state index in [2.05, 4.69) is 15.6 Å². The average Bonchev–Trinajstić information content (AvgIpc) is 2.69. The highest BCUT2D eigenvalue weighted by Gasteiger charge is 2.10. The van der Waals surface area contributed by atoms with Crippen LogP contribution in [-0.4, -0.2) is 18.0 Å². The lowest BCUT2D eigenvalue weighted by atomic mass is 10.2. The molecule has 0 bridgehead atoms. The van der Waals surface area contributed by atoms with Crippen LogP contribution in [-0.2, 0) is 0 Å². The zero-order valence-corrected chi connectivity index (χ0v) is 15.1. The number of hydrogen-bond donors (Lipinski definition) is 2. The molecule has 27 heavy (non-hydrogen) atoms. The standard InChI is InChI=1S/C20H15ClN4O2/c1-27-19-9-7-14(10-16(19)21)24-15-6-8-18(23-12-15)20(26)25-17-5-3-2-4-13(17)11-22/h2-10,12,24H,1H3,(H,25,26). The molecule has 0 atom stereocenters. The number of ether oxygens (including phenoxy) is 1. The summed E-state index contributed by atoms with van der Waals surface area (Å²) in [5, 5.41) is 15.4. The van der Waals surface area contributed by atoms with Gasteiger partial charge in [0.25, 0.3) is 5.91 Å². The van der Waals surface area contributed by atoms with E-state index >= 15 is 0 Å². The number of halogens is 1. The summed E-state index contributed by atoms with van der Waals surface area (Å²) in [6, 6.07) is 17.5. The highest BCUT2D eigenvalue weighted by atomic mass is 35.5. The van der Waals surface area contributed by atoms with E-state index in [1.807, 2.05) is 12.1 Å². The number of carbonyl (C=O) groups is 1. The molecule has 1 amide bonds. The fourth-order valence-corrected chi connectivity index (χ4v) is 2.65. The Morgan fingerprint density at radius 3 is 2.59 bits per heavy atom. The van der Waals surface area contributed by atoms with E-state index in [1.165, 1.54) is 0 Å². The van der Waals surface area contributed by atoms with E-state index in [0.717, 1.165) is 5.69 Å². The Bertz CT molecular complexity index is 1010. The van der Waals surface area contributed by atoms with Gasteiger partial charge in [0.15, 0.2) is 0 Å². The van der Waals surface area contributed by atoms with Crippen LogP contribution in [0.4, 0.5) is 17.1 Å². The van der Waals surface area contributed by atoms with Gasteiger partial charge in [-0.25, -0.2) is 4.98 Å². The summed E-state index contributed by atoms with van der Waals surface area (Å²) in [6.45, 7) is 0. The molecule has 0 aliphatic rings. The first-order chi connectivity index (χ1) is 13.1. The van der Waals surface area contributed by atoms with Crippen molar-refractivity contribution in [3.8, 4) is 11.8 Å². The Kier molecular flexibility index (Phi) is 5.55. The summed E-state index contributed by atoms with van der Waals surface area (Å²) < 4.78 is 5.12. The topological polar surface area (TPSA) is 87.0 Å². The maximum absolute atomic E-state index is 12.3. The molecule has 0 saturated carbocycles. The molecule has 1 aromatic heterocycles. The monoisotopic (exact) mass is 378 g/mol. The number of pyridine rings is 1. The molecule has 0 radical (unpaired) electrons. The zero-order valence-electron chi connectivity index (χ0n) is 14.4. The van der Waals surface area contributed by atoms with Gasteiger partial charge in [0.05, 0.1) is 35.3 Å². The van der Waals surface area contributed by atoms with Crippen LogP contribution in [0.15, 0.2) is 60.8 Å². The molecule has 0 aliphatic heterocycles. The third kappa shape index (κ3) is 4.35. The van der Waals surface area contributed by atoms with Gasteiger partial charge >= 0.3 is 0 Å². The van der Waals surface area contributed by atoms with E-state index in [-0.39, 0.29) is 5.69 Å². The fourth-order valence-electron chi connectivity index (χ4n) is 2.39. The van der Waals surface area contributed by atoms with Gasteiger partial charge in [0.1, 0.15) is 17.5 Å². The molecule has 2 aromatic carbocycles. The largest absolute Gasteiger partial charge is 0.495 e. The summed E-state index contributed by atoms with van der Waals surface area (Å²) in [4.78, 5) is 16.5. The zero-order chi connectivity index (χ0) is 19.2. The number of methoxy groups -OCH3 is 1. The number of hydrogen-bond acceptors (Lipinski definition) is 5.